The number of aliphatic hydroxyl groups excluding tert-OH is 1. The van der Waals surface area contributed by atoms with E-state index in [9.17, 15) is 9.90 Å². The Balaban J connectivity index is 2.24. The summed E-state index contributed by atoms with van der Waals surface area (Å²) in [6.45, 7) is 2.54. The molecule has 1 aromatic carbocycles. The zero-order chi connectivity index (χ0) is 15.2. The number of aliphatic hydroxyl groups is 1. The Kier molecular flexibility index (Phi) is 5.00. The number of hydrogen-bond donors (Lipinski definition) is 1. The predicted octanol–water partition coefficient (Wildman–Crippen LogP) is 2.45. The van der Waals surface area contributed by atoms with Crippen LogP contribution >= 0.6 is 0 Å². The molecule has 112 valence electrons. The molecule has 0 bridgehead atoms. The largest absolute Gasteiger partial charge is 0.467 e. The summed E-state index contributed by atoms with van der Waals surface area (Å²) >= 11 is 0. The van der Waals surface area contributed by atoms with E-state index in [4.69, 9.17) is 9.15 Å². The first-order valence-corrected chi connectivity index (χ1v) is 6.74. The number of nitrogens with zero attached hydrogens (tertiary/aromatic N) is 1. The SMILES string of the molecule is COC(=O)c1ccoc1CN(C[C@H](C)O)c1ccccc1. The van der Waals surface area contributed by atoms with E-state index in [-0.39, 0.29) is 0 Å². The lowest BCUT2D eigenvalue weighted by Crippen LogP contribution is -2.30. The first-order valence-electron chi connectivity index (χ1n) is 6.74. The second-order valence-electron chi connectivity index (χ2n) is 4.81. The number of rotatable bonds is 6. The van der Waals surface area contributed by atoms with Gasteiger partial charge in [-0.2, -0.15) is 0 Å². The number of carbonyl (C=O) groups is 1. The van der Waals surface area contributed by atoms with Crippen molar-refractivity contribution in [2.45, 2.75) is 19.6 Å². The van der Waals surface area contributed by atoms with Crippen molar-refractivity contribution in [3.8, 4) is 0 Å². The van der Waals surface area contributed by atoms with E-state index in [2.05, 4.69) is 0 Å². The molecule has 0 aliphatic rings. The van der Waals surface area contributed by atoms with Crippen molar-refractivity contribution in [2.24, 2.45) is 0 Å². The lowest BCUT2D eigenvalue weighted by molar-refractivity contribution is 0.0598. The fourth-order valence-electron chi connectivity index (χ4n) is 2.15. The first kappa shape index (κ1) is 15.1. The van der Waals surface area contributed by atoms with Gasteiger partial charge >= 0.3 is 5.97 Å². The van der Waals surface area contributed by atoms with Gasteiger partial charge in [-0.25, -0.2) is 4.79 Å². The predicted molar refractivity (Wildman–Crippen MR) is 79.2 cm³/mol. The van der Waals surface area contributed by atoms with Crippen LogP contribution in [0.3, 0.4) is 0 Å². The number of furan rings is 1. The van der Waals surface area contributed by atoms with Crippen LogP contribution in [0.4, 0.5) is 5.69 Å². The van der Waals surface area contributed by atoms with E-state index in [1.165, 1.54) is 13.4 Å². The van der Waals surface area contributed by atoms with Gasteiger partial charge in [0.05, 0.1) is 26.0 Å². The molecule has 0 saturated heterocycles. The molecule has 5 nitrogen and oxygen atoms in total. The first-order chi connectivity index (χ1) is 10.1. The molecule has 0 amide bonds. The van der Waals surface area contributed by atoms with Crippen molar-refractivity contribution in [3.05, 3.63) is 54.0 Å². The Hall–Kier alpha value is -2.27. The summed E-state index contributed by atoms with van der Waals surface area (Å²) in [4.78, 5) is 13.6. The normalized spacial score (nSPS) is 12.0. The third-order valence-corrected chi connectivity index (χ3v) is 3.09. The number of esters is 1. The molecule has 21 heavy (non-hydrogen) atoms. The summed E-state index contributed by atoms with van der Waals surface area (Å²) in [5, 5.41) is 9.67. The molecule has 0 fully saturated rings. The van der Waals surface area contributed by atoms with Gasteiger partial charge in [0.1, 0.15) is 11.3 Å². The Morgan fingerprint density at radius 3 is 2.67 bits per heavy atom. The maximum Gasteiger partial charge on any atom is 0.341 e. The summed E-state index contributed by atoms with van der Waals surface area (Å²) in [6, 6.07) is 11.3. The molecule has 0 unspecified atom stereocenters. The van der Waals surface area contributed by atoms with Crippen molar-refractivity contribution in [1.29, 1.82) is 0 Å². The second kappa shape index (κ2) is 6.95. The van der Waals surface area contributed by atoms with Crippen LogP contribution in [-0.4, -0.2) is 30.8 Å². The maximum atomic E-state index is 11.7. The molecule has 5 heteroatoms. The highest BCUT2D eigenvalue weighted by atomic mass is 16.5. The van der Waals surface area contributed by atoms with Gasteiger partial charge in [-0.3, -0.25) is 0 Å². The van der Waals surface area contributed by atoms with Gasteiger partial charge < -0.3 is 19.2 Å². The second-order valence-corrected chi connectivity index (χ2v) is 4.81. The van der Waals surface area contributed by atoms with Gasteiger partial charge in [0.25, 0.3) is 0 Å². The Morgan fingerprint density at radius 2 is 2.05 bits per heavy atom. The Morgan fingerprint density at radius 1 is 1.33 bits per heavy atom. The highest BCUT2D eigenvalue weighted by Crippen LogP contribution is 2.20. The molecule has 0 radical (unpaired) electrons. The molecule has 0 saturated carbocycles. The molecular weight excluding hydrogens is 270 g/mol. The topological polar surface area (TPSA) is 62.9 Å². The average molecular weight is 289 g/mol. The fourth-order valence-corrected chi connectivity index (χ4v) is 2.15. The van der Waals surface area contributed by atoms with E-state index in [1.807, 2.05) is 35.2 Å². The third kappa shape index (κ3) is 3.86. The summed E-state index contributed by atoms with van der Waals surface area (Å²) in [5.74, 6) is 0.0927. The molecule has 0 spiro atoms. The highest BCUT2D eigenvalue weighted by Gasteiger charge is 2.19. The number of benzene rings is 1. The molecule has 1 aromatic heterocycles. The maximum absolute atomic E-state index is 11.7. The van der Waals surface area contributed by atoms with Crippen LogP contribution in [0.5, 0.6) is 0 Å². The van der Waals surface area contributed by atoms with Crippen molar-refractivity contribution in [2.75, 3.05) is 18.6 Å². The number of ether oxygens (including phenoxy) is 1. The van der Waals surface area contributed by atoms with E-state index < -0.39 is 12.1 Å². The zero-order valence-electron chi connectivity index (χ0n) is 12.2. The molecule has 0 aliphatic carbocycles. The molecule has 2 rings (SSSR count). The number of methoxy groups -OCH3 is 1. The van der Waals surface area contributed by atoms with Gasteiger partial charge in [-0.05, 0) is 25.1 Å². The third-order valence-electron chi connectivity index (χ3n) is 3.09. The quantitative estimate of drug-likeness (QED) is 0.828. The van der Waals surface area contributed by atoms with Crippen LogP contribution in [0.15, 0.2) is 47.1 Å². The lowest BCUT2D eigenvalue weighted by Gasteiger charge is -2.25. The van der Waals surface area contributed by atoms with Crippen LogP contribution in [-0.2, 0) is 11.3 Å². The van der Waals surface area contributed by atoms with E-state index in [0.29, 0.717) is 24.4 Å². The van der Waals surface area contributed by atoms with Gasteiger partial charge in [0.2, 0.25) is 0 Å². The number of hydrogen-bond acceptors (Lipinski definition) is 5. The van der Waals surface area contributed by atoms with E-state index >= 15 is 0 Å². The van der Waals surface area contributed by atoms with Gasteiger partial charge in [0, 0.05) is 12.2 Å². The minimum absolute atomic E-state index is 0.381. The number of para-hydroxylation sites is 1. The van der Waals surface area contributed by atoms with Crippen molar-refractivity contribution < 1.29 is 19.1 Å². The van der Waals surface area contributed by atoms with E-state index in [0.717, 1.165) is 5.69 Å². The molecular formula is C16H19NO4. The molecule has 2 aromatic rings. The van der Waals surface area contributed by atoms with E-state index in [1.54, 1.807) is 13.0 Å². The summed E-state index contributed by atoms with van der Waals surface area (Å²) in [7, 11) is 1.34. The molecule has 1 heterocycles. The Labute approximate surface area is 123 Å². The van der Waals surface area contributed by atoms with Crippen LogP contribution in [0, 0.1) is 0 Å². The summed E-state index contributed by atoms with van der Waals surface area (Å²) in [6.07, 6.45) is 0.967. The van der Waals surface area contributed by atoms with Crippen molar-refractivity contribution in [1.82, 2.24) is 0 Å². The smallest absolute Gasteiger partial charge is 0.341 e. The van der Waals surface area contributed by atoms with Gasteiger partial charge in [0.15, 0.2) is 0 Å². The average Bonchev–Trinajstić information content (AvgIpc) is 2.94. The lowest BCUT2D eigenvalue weighted by atomic mass is 10.2. The zero-order valence-corrected chi connectivity index (χ0v) is 12.2. The minimum Gasteiger partial charge on any atom is -0.467 e. The van der Waals surface area contributed by atoms with Crippen LogP contribution in [0.2, 0.25) is 0 Å². The van der Waals surface area contributed by atoms with Crippen LogP contribution in [0.1, 0.15) is 23.0 Å². The number of anilines is 1. The van der Waals surface area contributed by atoms with Crippen molar-refractivity contribution in [3.63, 3.8) is 0 Å². The van der Waals surface area contributed by atoms with Gasteiger partial charge in [-0.1, -0.05) is 18.2 Å². The highest BCUT2D eigenvalue weighted by molar-refractivity contribution is 5.90. The van der Waals surface area contributed by atoms with Crippen LogP contribution < -0.4 is 4.90 Å². The Bertz CT molecular complexity index is 577. The molecule has 0 aliphatic heterocycles. The molecule has 1 N–H and O–H groups in total. The van der Waals surface area contributed by atoms with Gasteiger partial charge in [-0.15, -0.1) is 0 Å². The molecule has 1 atom stereocenters. The summed E-state index contributed by atoms with van der Waals surface area (Å²) < 4.78 is 10.1. The minimum atomic E-state index is -0.498. The van der Waals surface area contributed by atoms with Crippen molar-refractivity contribution >= 4 is 11.7 Å². The fraction of sp³-hybridized carbons (Fsp3) is 0.312. The monoisotopic (exact) mass is 289 g/mol. The number of carbonyl (C=O) groups excluding carboxylic acids is 1. The standard InChI is InChI=1S/C16H19NO4/c1-12(18)10-17(13-6-4-3-5-7-13)11-15-14(8-9-21-15)16(19)20-2/h3-9,12,18H,10-11H2,1-2H3/t12-/m0/s1. The summed E-state index contributed by atoms with van der Waals surface area (Å²) in [5.41, 5.74) is 1.36. The van der Waals surface area contributed by atoms with Crippen LogP contribution in [0.25, 0.3) is 0 Å².